The summed E-state index contributed by atoms with van der Waals surface area (Å²) in [6, 6.07) is 3.05. The van der Waals surface area contributed by atoms with Gasteiger partial charge < -0.3 is 0 Å². The van der Waals surface area contributed by atoms with Crippen molar-refractivity contribution in [3.8, 4) is 0 Å². The van der Waals surface area contributed by atoms with Crippen LogP contribution in [0.1, 0.15) is 35.9 Å². The predicted octanol–water partition coefficient (Wildman–Crippen LogP) is 4.18. The number of ketones is 2. The Morgan fingerprint density at radius 3 is 2.50 bits per heavy atom. The SMILES string of the molecule is CC1=CCC(C(=O)c2cccs2)(C(=O)C(F)(F)F)CC1. The van der Waals surface area contributed by atoms with Gasteiger partial charge in [-0.1, -0.05) is 17.7 Å². The van der Waals surface area contributed by atoms with Gasteiger partial charge in [0.1, 0.15) is 5.41 Å². The van der Waals surface area contributed by atoms with Gasteiger partial charge in [0.25, 0.3) is 0 Å². The fourth-order valence-corrected chi connectivity index (χ4v) is 3.16. The van der Waals surface area contributed by atoms with E-state index in [0.717, 1.165) is 16.9 Å². The summed E-state index contributed by atoms with van der Waals surface area (Å²) >= 11 is 1.06. The Morgan fingerprint density at radius 1 is 1.35 bits per heavy atom. The Hall–Kier alpha value is -1.43. The van der Waals surface area contributed by atoms with E-state index in [1.807, 2.05) is 0 Å². The molecule has 0 aliphatic heterocycles. The Bertz CT molecular complexity index is 557. The van der Waals surface area contributed by atoms with Gasteiger partial charge in [-0.15, -0.1) is 11.3 Å². The van der Waals surface area contributed by atoms with Crippen LogP contribution < -0.4 is 0 Å². The number of carbonyl (C=O) groups is 2. The lowest BCUT2D eigenvalue weighted by Crippen LogP contribution is -2.47. The standard InChI is InChI=1S/C14H13F3O2S/c1-9-4-6-13(7-5-9,12(19)14(15,16)17)11(18)10-3-2-8-20-10/h2-4,8H,5-7H2,1H3. The van der Waals surface area contributed by atoms with Crippen LogP contribution in [0.25, 0.3) is 0 Å². The van der Waals surface area contributed by atoms with Gasteiger partial charge in [-0.05, 0) is 37.6 Å². The molecule has 1 aliphatic rings. The molecule has 6 heteroatoms. The molecule has 0 N–H and O–H groups in total. The highest BCUT2D eigenvalue weighted by molar-refractivity contribution is 7.12. The number of hydrogen-bond acceptors (Lipinski definition) is 3. The average Bonchev–Trinajstić information content (AvgIpc) is 2.91. The number of alkyl halides is 3. The summed E-state index contributed by atoms with van der Waals surface area (Å²) in [5.41, 5.74) is -1.07. The first-order valence-corrected chi connectivity index (χ1v) is 7.01. The van der Waals surface area contributed by atoms with Crippen LogP contribution in [0.5, 0.6) is 0 Å². The topological polar surface area (TPSA) is 34.1 Å². The summed E-state index contributed by atoms with van der Waals surface area (Å²) in [6.07, 6.45) is -3.35. The molecule has 108 valence electrons. The number of rotatable bonds is 3. The van der Waals surface area contributed by atoms with Crippen molar-refractivity contribution in [3.63, 3.8) is 0 Å². The first-order valence-electron chi connectivity index (χ1n) is 6.13. The smallest absolute Gasteiger partial charge is 0.292 e. The third-order valence-electron chi connectivity index (χ3n) is 3.62. The molecule has 0 amide bonds. The quantitative estimate of drug-likeness (QED) is 0.477. The molecule has 0 bridgehead atoms. The number of hydrogen-bond donors (Lipinski definition) is 0. The maximum Gasteiger partial charge on any atom is 0.451 e. The molecule has 20 heavy (non-hydrogen) atoms. The lowest BCUT2D eigenvalue weighted by Gasteiger charge is -2.33. The van der Waals surface area contributed by atoms with Crippen LogP contribution in [0.4, 0.5) is 13.2 Å². The molecule has 1 heterocycles. The molecule has 1 aliphatic carbocycles. The Labute approximate surface area is 118 Å². The summed E-state index contributed by atoms with van der Waals surface area (Å²) < 4.78 is 38.6. The molecule has 0 saturated carbocycles. The molecule has 1 aromatic rings. The minimum Gasteiger partial charge on any atom is -0.292 e. The second-order valence-corrected chi connectivity index (χ2v) is 5.92. The van der Waals surface area contributed by atoms with Crippen molar-refractivity contribution in [2.75, 3.05) is 0 Å². The van der Waals surface area contributed by atoms with Crippen molar-refractivity contribution >= 4 is 22.9 Å². The molecule has 1 aromatic heterocycles. The van der Waals surface area contributed by atoms with Crippen LogP contribution in [0.3, 0.4) is 0 Å². The fourth-order valence-electron chi connectivity index (χ4n) is 2.39. The lowest BCUT2D eigenvalue weighted by molar-refractivity contribution is -0.179. The Morgan fingerprint density at radius 2 is 2.05 bits per heavy atom. The van der Waals surface area contributed by atoms with E-state index in [-0.39, 0.29) is 17.7 Å². The highest BCUT2D eigenvalue weighted by Gasteiger charge is 2.57. The van der Waals surface area contributed by atoms with Crippen LogP contribution in [-0.2, 0) is 4.79 Å². The van der Waals surface area contributed by atoms with Crippen molar-refractivity contribution in [1.29, 1.82) is 0 Å². The minimum absolute atomic E-state index is 0.0790. The number of Topliss-reactive ketones (excluding diaryl/α,β-unsaturated/α-hetero) is 2. The zero-order valence-electron chi connectivity index (χ0n) is 10.8. The van der Waals surface area contributed by atoms with Gasteiger partial charge >= 0.3 is 6.18 Å². The second kappa shape index (κ2) is 5.16. The van der Waals surface area contributed by atoms with Crippen LogP contribution >= 0.6 is 11.3 Å². The molecule has 2 rings (SSSR count). The van der Waals surface area contributed by atoms with Gasteiger partial charge in [0, 0.05) is 0 Å². The summed E-state index contributed by atoms with van der Waals surface area (Å²) in [5.74, 6) is -2.63. The van der Waals surface area contributed by atoms with Gasteiger partial charge in [0.15, 0.2) is 5.78 Å². The number of allylic oxidation sites excluding steroid dienone is 2. The van der Waals surface area contributed by atoms with E-state index in [2.05, 4.69) is 0 Å². The molecule has 0 saturated heterocycles. The van der Waals surface area contributed by atoms with Gasteiger partial charge in [-0.2, -0.15) is 13.2 Å². The van der Waals surface area contributed by atoms with Crippen LogP contribution in [0.15, 0.2) is 29.2 Å². The Kier molecular flexibility index (Phi) is 3.86. The number of halogens is 3. The second-order valence-electron chi connectivity index (χ2n) is 4.97. The normalized spacial score (nSPS) is 23.3. The monoisotopic (exact) mass is 302 g/mol. The molecule has 0 radical (unpaired) electrons. The minimum atomic E-state index is -4.99. The van der Waals surface area contributed by atoms with E-state index in [0.29, 0.717) is 6.42 Å². The number of carbonyl (C=O) groups excluding carboxylic acids is 2. The maximum absolute atomic E-state index is 12.9. The van der Waals surface area contributed by atoms with Crippen molar-refractivity contribution in [2.24, 2.45) is 5.41 Å². The predicted molar refractivity (Wildman–Crippen MR) is 69.8 cm³/mol. The van der Waals surface area contributed by atoms with Gasteiger partial charge in [-0.3, -0.25) is 9.59 Å². The van der Waals surface area contributed by atoms with Gasteiger partial charge in [0.05, 0.1) is 4.88 Å². The molecule has 0 spiro atoms. The maximum atomic E-state index is 12.9. The van der Waals surface area contributed by atoms with Crippen LogP contribution in [-0.4, -0.2) is 17.7 Å². The molecule has 2 nitrogen and oxygen atoms in total. The summed E-state index contributed by atoms with van der Waals surface area (Å²) in [5, 5.41) is 1.61. The third-order valence-corrected chi connectivity index (χ3v) is 4.49. The largest absolute Gasteiger partial charge is 0.451 e. The van der Waals surface area contributed by atoms with Gasteiger partial charge in [-0.25, -0.2) is 0 Å². The number of thiophene rings is 1. The third kappa shape index (κ3) is 2.57. The van der Waals surface area contributed by atoms with E-state index in [1.165, 1.54) is 6.07 Å². The fraction of sp³-hybridized carbons (Fsp3) is 0.429. The zero-order valence-corrected chi connectivity index (χ0v) is 11.6. The van der Waals surface area contributed by atoms with Crippen LogP contribution in [0, 0.1) is 5.41 Å². The van der Waals surface area contributed by atoms with Crippen molar-refractivity contribution in [3.05, 3.63) is 34.0 Å². The summed E-state index contributed by atoms with van der Waals surface area (Å²) in [4.78, 5) is 24.5. The van der Waals surface area contributed by atoms with Crippen LogP contribution in [0.2, 0.25) is 0 Å². The molecule has 1 unspecified atom stereocenters. The van der Waals surface area contributed by atoms with Crippen molar-refractivity contribution in [2.45, 2.75) is 32.4 Å². The molecule has 0 fully saturated rings. The average molecular weight is 302 g/mol. The molecular formula is C14H13F3O2S. The van der Waals surface area contributed by atoms with Gasteiger partial charge in [0.2, 0.25) is 5.78 Å². The van der Waals surface area contributed by atoms with Crippen molar-refractivity contribution < 1.29 is 22.8 Å². The first-order chi connectivity index (χ1) is 9.27. The summed E-state index contributed by atoms with van der Waals surface area (Å²) in [7, 11) is 0. The molecular weight excluding hydrogens is 289 g/mol. The van der Waals surface area contributed by atoms with E-state index < -0.39 is 23.2 Å². The zero-order chi connectivity index (χ0) is 15.0. The first kappa shape index (κ1) is 15.0. The highest BCUT2D eigenvalue weighted by Crippen LogP contribution is 2.44. The molecule has 0 aromatic carbocycles. The van der Waals surface area contributed by atoms with Crippen molar-refractivity contribution in [1.82, 2.24) is 0 Å². The molecule has 1 atom stereocenters. The Balaban J connectivity index is 2.46. The van der Waals surface area contributed by atoms with E-state index in [4.69, 9.17) is 0 Å². The van der Waals surface area contributed by atoms with E-state index >= 15 is 0 Å². The van der Waals surface area contributed by atoms with E-state index in [1.54, 1.807) is 24.4 Å². The lowest BCUT2D eigenvalue weighted by atomic mass is 9.68. The van der Waals surface area contributed by atoms with E-state index in [9.17, 15) is 22.8 Å². The highest BCUT2D eigenvalue weighted by atomic mass is 32.1. The summed E-state index contributed by atoms with van der Waals surface area (Å²) in [6.45, 7) is 1.79.